The lowest BCUT2D eigenvalue weighted by atomic mass is 9.76. The maximum absolute atomic E-state index is 2.56. The third-order valence-corrected chi connectivity index (χ3v) is 7.33. The molecule has 4 atom stereocenters. The van der Waals surface area contributed by atoms with Gasteiger partial charge in [-0.05, 0) is 42.4 Å². The molecule has 124 valence electrons. The Morgan fingerprint density at radius 2 is 1.87 bits per heavy atom. The SMILES string of the molecule is CCCc1ccc2c(c1)N1C=CN(C)C1C1(CC)C(C)C21CC. The molecule has 2 heteroatoms. The Morgan fingerprint density at radius 1 is 1.09 bits per heavy atom. The van der Waals surface area contributed by atoms with E-state index in [1.165, 1.54) is 36.9 Å². The normalized spacial score (nSPS) is 36.7. The zero-order chi connectivity index (χ0) is 16.4. The van der Waals surface area contributed by atoms with Crippen LogP contribution < -0.4 is 4.90 Å². The van der Waals surface area contributed by atoms with Gasteiger partial charge in [-0.2, -0.15) is 0 Å². The zero-order valence-electron chi connectivity index (χ0n) is 15.3. The van der Waals surface area contributed by atoms with Gasteiger partial charge < -0.3 is 9.80 Å². The third-order valence-electron chi connectivity index (χ3n) is 7.33. The molecule has 0 aromatic heterocycles. The Labute approximate surface area is 141 Å². The van der Waals surface area contributed by atoms with Crippen LogP contribution in [-0.2, 0) is 11.8 Å². The third kappa shape index (κ3) is 1.51. The molecule has 0 spiro atoms. The summed E-state index contributed by atoms with van der Waals surface area (Å²) in [6.07, 6.45) is 9.97. The Morgan fingerprint density at radius 3 is 2.52 bits per heavy atom. The molecule has 4 unspecified atom stereocenters. The van der Waals surface area contributed by atoms with Crippen LogP contribution in [0.5, 0.6) is 0 Å². The maximum Gasteiger partial charge on any atom is 0.112 e. The molecule has 2 heterocycles. The fraction of sp³-hybridized carbons (Fsp3) is 0.619. The molecular formula is C21H30N2. The van der Waals surface area contributed by atoms with Crippen LogP contribution in [0.15, 0.2) is 30.6 Å². The first-order valence-electron chi connectivity index (χ1n) is 9.40. The van der Waals surface area contributed by atoms with Gasteiger partial charge in [-0.3, -0.25) is 0 Å². The topological polar surface area (TPSA) is 6.48 Å². The fourth-order valence-corrected chi connectivity index (χ4v) is 6.39. The van der Waals surface area contributed by atoms with Crippen LogP contribution in [0.1, 0.15) is 58.1 Å². The summed E-state index contributed by atoms with van der Waals surface area (Å²) in [6, 6.07) is 7.31. The minimum absolute atomic E-state index is 0.364. The smallest absolute Gasteiger partial charge is 0.112 e. The van der Waals surface area contributed by atoms with E-state index in [0.29, 0.717) is 17.0 Å². The van der Waals surface area contributed by atoms with Gasteiger partial charge in [0.15, 0.2) is 0 Å². The molecule has 2 aliphatic heterocycles. The van der Waals surface area contributed by atoms with Crippen molar-refractivity contribution in [1.82, 2.24) is 4.90 Å². The highest BCUT2D eigenvalue weighted by Gasteiger charge is 2.79. The second kappa shape index (κ2) is 4.78. The maximum atomic E-state index is 2.56. The second-order valence-electron chi connectivity index (χ2n) is 7.79. The van der Waals surface area contributed by atoms with Crippen LogP contribution in [0, 0.1) is 11.3 Å². The van der Waals surface area contributed by atoms with Gasteiger partial charge in [-0.25, -0.2) is 0 Å². The number of hydrogen-bond acceptors (Lipinski definition) is 2. The monoisotopic (exact) mass is 310 g/mol. The fourth-order valence-electron chi connectivity index (χ4n) is 6.39. The first-order valence-corrected chi connectivity index (χ1v) is 9.40. The summed E-state index contributed by atoms with van der Waals surface area (Å²) in [5.41, 5.74) is 5.31. The summed E-state index contributed by atoms with van der Waals surface area (Å²) >= 11 is 0. The van der Waals surface area contributed by atoms with Crippen LogP contribution in [0.2, 0.25) is 0 Å². The highest BCUT2D eigenvalue weighted by atomic mass is 15.4. The van der Waals surface area contributed by atoms with E-state index in [1.54, 1.807) is 5.56 Å². The van der Waals surface area contributed by atoms with Crippen molar-refractivity contribution >= 4 is 5.69 Å². The molecule has 3 aliphatic rings. The van der Waals surface area contributed by atoms with Gasteiger partial charge in [0.1, 0.15) is 6.17 Å². The molecule has 0 radical (unpaired) electrons. The highest BCUT2D eigenvalue weighted by molar-refractivity contribution is 5.70. The van der Waals surface area contributed by atoms with Gasteiger partial charge in [0.05, 0.1) is 0 Å². The summed E-state index contributed by atoms with van der Waals surface area (Å²) in [6.45, 7) is 9.56. The van der Waals surface area contributed by atoms with Gasteiger partial charge >= 0.3 is 0 Å². The molecule has 0 bridgehead atoms. The number of rotatable bonds is 4. The van der Waals surface area contributed by atoms with Crippen molar-refractivity contribution in [1.29, 1.82) is 0 Å². The highest BCUT2D eigenvalue weighted by Crippen LogP contribution is 2.79. The number of aryl methyl sites for hydroxylation is 1. The average Bonchev–Trinajstić information content (AvgIpc) is 2.87. The summed E-state index contributed by atoms with van der Waals surface area (Å²) < 4.78 is 0. The number of anilines is 1. The molecule has 1 aliphatic carbocycles. The molecule has 1 aromatic carbocycles. The Bertz CT molecular complexity index is 664. The predicted octanol–water partition coefficient (Wildman–Crippen LogP) is 4.90. The quantitative estimate of drug-likeness (QED) is 0.781. The molecule has 0 N–H and O–H groups in total. The Kier molecular flexibility index (Phi) is 3.14. The second-order valence-corrected chi connectivity index (χ2v) is 7.79. The predicted molar refractivity (Wildman–Crippen MR) is 97.5 cm³/mol. The summed E-state index contributed by atoms with van der Waals surface area (Å²) in [5, 5.41) is 0. The number of fused-ring (bicyclic) bond motifs is 6. The largest absolute Gasteiger partial charge is 0.358 e. The van der Waals surface area contributed by atoms with Crippen molar-refractivity contribution in [3.8, 4) is 0 Å². The number of benzene rings is 1. The van der Waals surface area contributed by atoms with E-state index >= 15 is 0 Å². The van der Waals surface area contributed by atoms with Crippen molar-refractivity contribution in [2.24, 2.45) is 11.3 Å². The standard InChI is InChI=1S/C21H30N2/c1-6-9-16-10-11-17-18(14-16)23-13-12-22(5)19(23)21(8-3)15(4)20(17,21)7-2/h10-15,19H,6-9H2,1-5H3. The van der Waals surface area contributed by atoms with Gasteiger partial charge in [0.2, 0.25) is 0 Å². The van der Waals surface area contributed by atoms with Crippen molar-refractivity contribution in [3.63, 3.8) is 0 Å². The molecule has 1 fully saturated rings. The lowest BCUT2D eigenvalue weighted by molar-refractivity contribution is 0.183. The van der Waals surface area contributed by atoms with Crippen LogP contribution >= 0.6 is 0 Å². The molecule has 0 saturated heterocycles. The van der Waals surface area contributed by atoms with E-state index < -0.39 is 0 Å². The zero-order valence-corrected chi connectivity index (χ0v) is 15.3. The molecule has 1 aromatic rings. The van der Waals surface area contributed by atoms with Gasteiger partial charge in [-0.15, -0.1) is 0 Å². The van der Waals surface area contributed by atoms with E-state index in [4.69, 9.17) is 0 Å². The molecule has 4 rings (SSSR count). The van der Waals surface area contributed by atoms with Gasteiger partial charge in [0.25, 0.3) is 0 Å². The van der Waals surface area contributed by atoms with Crippen molar-refractivity contribution in [2.75, 3.05) is 11.9 Å². The van der Waals surface area contributed by atoms with Crippen LogP contribution in [0.25, 0.3) is 0 Å². The van der Waals surface area contributed by atoms with Crippen molar-refractivity contribution < 1.29 is 0 Å². The molecule has 2 nitrogen and oxygen atoms in total. The summed E-state index contributed by atoms with van der Waals surface area (Å²) in [7, 11) is 2.25. The number of hydrogen-bond donors (Lipinski definition) is 0. The molecular weight excluding hydrogens is 280 g/mol. The van der Waals surface area contributed by atoms with Gasteiger partial charge in [0, 0.05) is 36.0 Å². The van der Waals surface area contributed by atoms with Crippen molar-refractivity contribution in [3.05, 3.63) is 41.7 Å². The average molecular weight is 310 g/mol. The van der Waals surface area contributed by atoms with E-state index in [9.17, 15) is 0 Å². The van der Waals surface area contributed by atoms with E-state index in [2.05, 4.69) is 75.1 Å². The van der Waals surface area contributed by atoms with Crippen LogP contribution in [0.3, 0.4) is 0 Å². The van der Waals surface area contributed by atoms with E-state index in [1.807, 2.05) is 0 Å². The number of nitrogens with zero attached hydrogens (tertiary/aromatic N) is 2. The molecule has 23 heavy (non-hydrogen) atoms. The minimum atomic E-state index is 0.364. The Balaban J connectivity index is 1.93. The lowest BCUT2D eigenvalue weighted by Gasteiger charge is -2.45. The first-order chi connectivity index (χ1) is 11.1. The summed E-state index contributed by atoms with van der Waals surface area (Å²) in [5.74, 6) is 0.748. The minimum Gasteiger partial charge on any atom is -0.358 e. The van der Waals surface area contributed by atoms with Crippen molar-refractivity contribution in [2.45, 2.75) is 65.0 Å². The first kappa shape index (κ1) is 15.1. The summed E-state index contributed by atoms with van der Waals surface area (Å²) in [4.78, 5) is 5.02. The van der Waals surface area contributed by atoms with Crippen LogP contribution in [0.4, 0.5) is 5.69 Å². The molecule has 1 saturated carbocycles. The Hall–Kier alpha value is -1.44. The molecule has 0 amide bonds. The van der Waals surface area contributed by atoms with E-state index in [-0.39, 0.29) is 0 Å². The van der Waals surface area contributed by atoms with Gasteiger partial charge in [-0.1, -0.05) is 46.2 Å². The van der Waals surface area contributed by atoms with Crippen LogP contribution in [-0.4, -0.2) is 18.1 Å². The van der Waals surface area contributed by atoms with E-state index in [0.717, 1.165) is 5.92 Å². The lowest BCUT2D eigenvalue weighted by Crippen LogP contribution is -2.50.